The van der Waals surface area contributed by atoms with Gasteiger partial charge in [0.05, 0.1) is 11.4 Å². The average Bonchev–Trinajstić information content (AvgIpc) is 2.96. The summed E-state index contributed by atoms with van der Waals surface area (Å²) in [5.41, 5.74) is 7.12. The fourth-order valence-corrected chi connectivity index (χ4v) is 5.45. The highest BCUT2D eigenvalue weighted by Gasteiger charge is 2.28. The largest absolute Gasteiger partial charge is 0.370 e. The number of benzene rings is 1. The van der Waals surface area contributed by atoms with E-state index in [1.54, 1.807) is 16.4 Å². The van der Waals surface area contributed by atoms with Gasteiger partial charge in [-0.3, -0.25) is 0 Å². The molecule has 6 nitrogen and oxygen atoms in total. The lowest BCUT2D eigenvalue weighted by Gasteiger charge is -2.30. The molecule has 2 aliphatic rings. The molecule has 0 aromatic heterocycles. The van der Waals surface area contributed by atoms with Gasteiger partial charge in [0.2, 0.25) is 10.0 Å². The molecule has 1 unspecified atom stereocenters. The molecule has 2 N–H and O–H groups in total. The van der Waals surface area contributed by atoms with Crippen LogP contribution in [0.2, 0.25) is 0 Å². The molecular formula is C20H33IN4O2S. The molecule has 1 atom stereocenters. The second kappa shape index (κ2) is 10.8. The van der Waals surface area contributed by atoms with Gasteiger partial charge in [0, 0.05) is 26.2 Å². The Kier molecular flexibility index (Phi) is 9.01. The van der Waals surface area contributed by atoms with Crippen molar-refractivity contribution in [2.24, 2.45) is 16.6 Å². The maximum absolute atomic E-state index is 12.8. The lowest BCUT2D eigenvalue weighted by molar-refractivity contribution is 0.281. The fourth-order valence-electron chi connectivity index (χ4n) is 3.85. The minimum atomic E-state index is -3.40. The molecule has 0 aliphatic carbocycles. The summed E-state index contributed by atoms with van der Waals surface area (Å²) in [6, 6.07) is 7.09. The Bertz CT molecular complexity index is 744. The maximum atomic E-state index is 12.8. The lowest BCUT2D eigenvalue weighted by atomic mass is 10.0. The third kappa shape index (κ3) is 6.06. The zero-order valence-electron chi connectivity index (χ0n) is 16.7. The molecule has 2 heterocycles. The van der Waals surface area contributed by atoms with Crippen LogP contribution >= 0.6 is 24.0 Å². The van der Waals surface area contributed by atoms with Crippen molar-refractivity contribution in [1.82, 2.24) is 9.21 Å². The molecule has 0 radical (unpaired) electrons. The number of rotatable bonds is 4. The quantitative estimate of drug-likeness (QED) is 0.375. The predicted octanol–water partition coefficient (Wildman–Crippen LogP) is 3.42. The molecule has 158 valence electrons. The van der Waals surface area contributed by atoms with Crippen LogP contribution in [0.25, 0.3) is 0 Å². The summed E-state index contributed by atoms with van der Waals surface area (Å²) in [7, 11) is -3.40. The van der Waals surface area contributed by atoms with Gasteiger partial charge in [0.25, 0.3) is 0 Å². The fraction of sp³-hybridized carbons (Fsp3) is 0.650. The number of nitrogens with two attached hydrogens (primary N) is 1. The van der Waals surface area contributed by atoms with Crippen molar-refractivity contribution in [3.8, 4) is 0 Å². The number of aliphatic imine (C=N–C) groups is 1. The minimum Gasteiger partial charge on any atom is -0.370 e. The molecule has 2 aliphatic heterocycles. The minimum absolute atomic E-state index is 0. The van der Waals surface area contributed by atoms with Gasteiger partial charge < -0.3 is 10.6 Å². The third-order valence-corrected chi connectivity index (χ3v) is 7.41. The monoisotopic (exact) mass is 520 g/mol. The molecular weight excluding hydrogens is 487 g/mol. The highest BCUT2D eigenvalue weighted by atomic mass is 127. The standard InChI is InChI=1S/C20H32N4O2S.HI/c1-17-7-6-14-24(16-17)27(25,26)19-10-8-18(9-11-19)15-22-20(21)23-12-4-2-3-5-13-23;/h8-11,17H,2-7,12-16H2,1H3,(H2,21,22);1H. The van der Waals surface area contributed by atoms with E-state index in [2.05, 4.69) is 16.8 Å². The van der Waals surface area contributed by atoms with Gasteiger partial charge in [0.1, 0.15) is 0 Å². The lowest BCUT2D eigenvalue weighted by Crippen LogP contribution is -2.39. The molecule has 0 saturated carbocycles. The van der Waals surface area contributed by atoms with Gasteiger partial charge >= 0.3 is 0 Å². The summed E-state index contributed by atoms with van der Waals surface area (Å²) in [5, 5.41) is 0. The summed E-state index contributed by atoms with van der Waals surface area (Å²) >= 11 is 0. The number of sulfonamides is 1. The number of hydrogen-bond donors (Lipinski definition) is 1. The number of hydrogen-bond acceptors (Lipinski definition) is 3. The van der Waals surface area contributed by atoms with E-state index in [0.29, 0.717) is 36.4 Å². The van der Waals surface area contributed by atoms with E-state index in [4.69, 9.17) is 5.73 Å². The molecule has 0 spiro atoms. The van der Waals surface area contributed by atoms with Gasteiger partial charge in [-0.2, -0.15) is 4.31 Å². The highest BCUT2D eigenvalue weighted by molar-refractivity contribution is 14.0. The summed E-state index contributed by atoms with van der Waals surface area (Å²) in [4.78, 5) is 7.03. The van der Waals surface area contributed by atoms with Crippen molar-refractivity contribution >= 4 is 40.0 Å². The van der Waals surface area contributed by atoms with E-state index < -0.39 is 10.0 Å². The zero-order chi connectivity index (χ0) is 19.3. The van der Waals surface area contributed by atoms with Crippen LogP contribution in [0.15, 0.2) is 34.2 Å². The Hall–Kier alpha value is -0.870. The summed E-state index contributed by atoms with van der Waals surface area (Å²) in [5.74, 6) is 1.01. The van der Waals surface area contributed by atoms with Crippen LogP contribution in [0.4, 0.5) is 0 Å². The topological polar surface area (TPSA) is 79.0 Å². The first-order valence-corrected chi connectivity index (χ1v) is 11.5. The second-order valence-corrected chi connectivity index (χ2v) is 9.77. The Morgan fingerprint density at radius 2 is 1.71 bits per heavy atom. The molecule has 1 aromatic carbocycles. The normalized spacial score (nSPS) is 22.4. The number of guanidine groups is 1. The first kappa shape index (κ1) is 23.4. The maximum Gasteiger partial charge on any atom is 0.243 e. The Morgan fingerprint density at radius 3 is 2.32 bits per heavy atom. The van der Waals surface area contributed by atoms with Crippen molar-refractivity contribution in [1.29, 1.82) is 0 Å². The smallest absolute Gasteiger partial charge is 0.243 e. The van der Waals surface area contributed by atoms with Crippen molar-refractivity contribution < 1.29 is 8.42 Å². The number of halogens is 1. The molecule has 0 amide bonds. The van der Waals surface area contributed by atoms with Crippen LogP contribution in [-0.4, -0.2) is 49.8 Å². The summed E-state index contributed by atoms with van der Waals surface area (Å²) in [6.07, 6.45) is 6.88. The van der Waals surface area contributed by atoms with Gasteiger partial charge in [-0.05, 0) is 49.3 Å². The number of likely N-dealkylation sites (tertiary alicyclic amines) is 1. The SMILES string of the molecule is CC1CCCN(S(=O)(=O)c2ccc(CN=C(N)N3CCCCCC3)cc2)C1.I. The van der Waals surface area contributed by atoms with Gasteiger partial charge in [-0.15, -0.1) is 24.0 Å². The van der Waals surface area contributed by atoms with Gasteiger partial charge in [0.15, 0.2) is 5.96 Å². The molecule has 0 bridgehead atoms. The molecule has 2 saturated heterocycles. The van der Waals surface area contributed by atoms with E-state index in [1.807, 2.05) is 12.1 Å². The highest BCUT2D eigenvalue weighted by Crippen LogP contribution is 2.23. The second-order valence-electron chi connectivity index (χ2n) is 7.83. The van der Waals surface area contributed by atoms with E-state index in [9.17, 15) is 8.42 Å². The van der Waals surface area contributed by atoms with Crippen LogP contribution in [0.5, 0.6) is 0 Å². The molecule has 3 rings (SSSR count). The number of piperidine rings is 1. The predicted molar refractivity (Wildman–Crippen MR) is 124 cm³/mol. The summed E-state index contributed by atoms with van der Waals surface area (Å²) in [6.45, 7) is 5.76. The van der Waals surface area contributed by atoms with Crippen LogP contribution in [0.1, 0.15) is 51.0 Å². The summed E-state index contributed by atoms with van der Waals surface area (Å²) < 4.78 is 27.3. The van der Waals surface area contributed by atoms with Crippen molar-refractivity contribution in [2.45, 2.75) is 56.9 Å². The van der Waals surface area contributed by atoms with Crippen molar-refractivity contribution in [3.05, 3.63) is 29.8 Å². The van der Waals surface area contributed by atoms with Crippen molar-refractivity contribution in [3.63, 3.8) is 0 Å². The first-order chi connectivity index (χ1) is 13.0. The molecule has 28 heavy (non-hydrogen) atoms. The molecule has 1 aromatic rings. The molecule has 8 heteroatoms. The zero-order valence-corrected chi connectivity index (χ0v) is 19.9. The van der Waals surface area contributed by atoms with Gasteiger partial charge in [-0.25, -0.2) is 13.4 Å². The van der Waals surface area contributed by atoms with Crippen LogP contribution in [0.3, 0.4) is 0 Å². The van der Waals surface area contributed by atoms with Crippen LogP contribution < -0.4 is 5.73 Å². The van der Waals surface area contributed by atoms with Crippen LogP contribution in [0, 0.1) is 5.92 Å². The van der Waals surface area contributed by atoms with Crippen LogP contribution in [-0.2, 0) is 16.6 Å². The van der Waals surface area contributed by atoms with E-state index >= 15 is 0 Å². The Morgan fingerprint density at radius 1 is 1.07 bits per heavy atom. The Balaban J connectivity index is 0.00000280. The Labute approximate surface area is 186 Å². The van der Waals surface area contributed by atoms with Crippen molar-refractivity contribution in [2.75, 3.05) is 26.2 Å². The van der Waals surface area contributed by atoms with E-state index in [-0.39, 0.29) is 24.0 Å². The van der Waals surface area contributed by atoms with Gasteiger partial charge in [-0.1, -0.05) is 31.9 Å². The average molecular weight is 520 g/mol. The van der Waals surface area contributed by atoms with E-state index in [0.717, 1.165) is 44.3 Å². The molecule has 2 fully saturated rings. The first-order valence-electron chi connectivity index (χ1n) is 10.1. The van der Waals surface area contributed by atoms with E-state index in [1.165, 1.54) is 12.8 Å². The third-order valence-electron chi connectivity index (χ3n) is 5.53. The number of nitrogens with zero attached hydrogens (tertiary/aromatic N) is 3.